The molecule has 3 aromatic heterocycles. The molecule has 0 spiro atoms. The van der Waals surface area contributed by atoms with Gasteiger partial charge in [0.05, 0.1) is 19.1 Å². The number of hydrogen-bond donors (Lipinski definition) is 4. The lowest BCUT2D eigenvalue weighted by Crippen LogP contribution is -2.14. The van der Waals surface area contributed by atoms with Crippen LogP contribution in [0.4, 0.5) is 31.7 Å². The van der Waals surface area contributed by atoms with Crippen LogP contribution in [0.3, 0.4) is 0 Å². The molecule has 0 atom stereocenters. The van der Waals surface area contributed by atoms with E-state index in [2.05, 4.69) is 61.3 Å². The number of carbonyl (C=O) groups is 1. The van der Waals surface area contributed by atoms with E-state index in [1.165, 1.54) is 38.4 Å². The minimum absolute atomic E-state index is 0.139. The van der Waals surface area contributed by atoms with Crippen LogP contribution in [0.5, 0.6) is 0 Å². The number of imidazole rings is 1. The van der Waals surface area contributed by atoms with Crippen molar-refractivity contribution in [3.05, 3.63) is 97.0 Å². The number of anilines is 4. The smallest absolute Gasteiger partial charge is 0.255 e. The Morgan fingerprint density at radius 3 is 2.61 bits per heavy atom. The molecule has 10 nitrogen and oxygen atoms in total. The highest BCUT2D eigenvalue weighted by molar-refractivity contribution is 6.05. The van der Waals surface area contributed by atoms with Crippen molar-refractivity contribution in [2.75, 3.05) is 23.1 Å². The number of fused-ring (bicyclic) bond motifs is 1. The molecule has 0 aliphatic carbocycles. The summed E-state index contributed by atoms with van der Waals surface area (Å²) >= 11 is 0. The summed E-state index contributed by atoms with van der Waals surface area (Å²) in [5, 5.41) is 8.08. The standard InChI is InChI=1S/C26H20F2N8O2.C3H8/c1-14(38-2)34-16-6-3-5-15(11-16)26(37)35-19-9-8-18(27)22(20(19)28)36-24-17(7-4-10-29-24)21-23-25(32-12-30-21)33-13-31-23;1-3-2/h3-13,34H,1H2,2H3,(H,29,36)(H,35,37)(H,30,31,32,33);3H2,1-2H3. The van der Waals surface area contributed by atoms with Gasteiger partial charge in [0, 0.05) is 23.0 Å². The van der Waals surface area contributed by atoms with Crippen LogP contribution in [-0.2, 0) is 4.74 Å². The molecule has 0 fully saturated rings. The SMILES string of the molecule is C=C(Nc1cccc(C(=O)Nc2ccc(F)c(Nc3ncccc3-c3ncnc4nc[nH]c34)c2F)c1)OC.CCC. The lowest BCUT2D eigenvalue weighted by atomic mass is 10.1. The first-order valence-electron chi connectivity index (χ1n) is 12.6. The molecule has 0 radical (unpaired) electrons. The lowest BCUT2D eigenvalue weighted by Gasteiger charge is -2.15. The van der Waals surface area contributed by atoms with Gasteiger partial charge in [-0.25, -0.2) is 28.7 Å². The van der Waals surface area contributed by atoms with E-state index in [-0.39, 0.29) is 23.0 Å². The highest BCUT2D eigenvalue weighted by Crippen LogP contribution is 2.34. The van der Waals surface area contributed by atoms with Gasteiger partial charge in [0.25, 0.3) is 5.91 Å². The Hall–Kier alpha value is -5.39. The lowest BCUT2D eigenvalue weighted by molar-refractivity contribution is 0.102. The topological polar surface area (TPSA) is 130 Å². The summed E-state index contributed by atoms with van der Waals surface area (Å²) in [7, 11) is 1.45. The summed E-state index contributed by atoms with van der Waals surface area (Å²) in [6, 6.07) is 12.0. The predicted octanol–water partition coefficient (Wildman–Crippen LogP) is 6.63. The monoisotopic (exact) mass is 558 g/mol. The summed E-state index contributed by atoms with van der Waals surface area (Å²) < 4.78 is 35.3. The van der Waals surface area contributed by atoms with E-state index in [0.29, 0.717) is 28.1 Å². The van der Waals surface area contributed by atoms with Gasteiger partial charge < -0.3 is 25.7 Å². The summed E-state index contributed by atoms with van der Waals surface area (Å²) in [5.41, 5.74) is 1.92. The van der Waals surface area contributed by atoms with Crippen LogP contribution in [0.15, 0.2) is 79.8 Å². The molecular weight excluding hydrogens is 530 g/mol. The molecule has 3 heterocycles. The minimum atomic E-state index is -1.01. The van der Waals surface area contributed by atoms with Crippen molar-refractivity contribution >= 4 is 40.0 Å². The molecule has 4 N–H and O–H groups in total. The van der Waals surface area contributed by atoms with Gasteiger partial charge in [0.15, 0.2) is 17.3 Å². The number of ether oxygens (including phenoxy) is 1. The van der Waals surface area contributed by atoms with Crippen LogP contribution >= 0.6 is 0 Å². The van der Waals surface area contributed by atoms with Gasteiger partial charge in [-0.1, -0.05) is 26.3 Å². The van der Waals surface area contributed by atoms with Gasteiger partial charge in [0.2, 0.25) is 0 Å². The Balaban J connectivity index is 0.00000124. The maximum absolute atomic E-state index is 15.5. The fourth-order valence-electron chi connectivity index (χ4n) is 3.69. The van der Waals surface area contributed by atoms with Crippen LogP contribution in [0.2, 0.25) is 0 Å². The Kier molecular flexibility index (Phi) is 9.15. The number of halogens is 2. The van der Waals surface area contributed by atoms with Crippen LogP contribution in [0, 0.1) is 11.6 Å². The van der Waals surface area contributed by atoms with Crippen molar-refractivity contribution in [3.63, 3.8) is 0 Å². The van der Waals surface area contributed by atoms with Crippen LogP contribution in [0.1, 0.15) is 30.6 Å². The third-order valence-electron chi connectivity index (χ3n) is 5.52. The summed E-state index contributed by atoms with van der Waals surface area (Å²) in [4.78, 5) is 32.6. The van der Waals surface area contributed by atoms with E-state index < -0.39 is 23.2 Å². The second-order valence-corrected chi connectivity index (χ2v) is 8.63. The minimum Gasteiger partial charge on any atom is -0.483 e. The second-order valence-electron chi connectivity index (χ2n) is 8.63. The third kappa shape index (κ3) is 6.61. The molecule has 5 aromatic rings. The third-order valence-corrected chi connectivity index (χ3v) is 5.52. The number of nitrogens with one attached hydrogen (secondary N) is 4. The number of H-pyrrole nitrogens is 1. The molecule has 12 heteroatoms. The Bertz CT molecular complexity index is 1690. The molecule has 0 bridgehead atoms. The van der Waals surface area contributed by atoms with Crippen molar-refractivity contribution in [2.45, 2.75) is 20.3 Å². The van der Waals surface area contributed by atoms with E-state index in [0.717, 1.165) is 12.1 Å². The average Bonchev–Trinajstić information content (AvgIpc) is 3.47. The zero-order valence-electron chi connectivity index (χ0n) is 22.6. The second kappa shape index (κ2) is 13.1. The Morgan fingerprint density at radius 1 is 1.02 bits per heavy atom. The van der Waals surface area contributed by atoms with Gasteiger partial charge >= 0.3 is 0 Å². The van der Waals surface area contributed by atoms with E-state index in [4.69, 9.17) is 4.74 Å². The number of hydrogen-bond acceptors (Lipinski definition) is 8. The Morgan fingerprint density at radius 2 is 1.83 bits per heavy atom. The number of rotatable bonds is 8. The highest BCUT2D eigenvalue weighted by atomic mass is 19.1. The van der Waals surface area contributed by atoms with E-state index in [9.17, 15) is 9.18 Å². The molecule has 2 aromatic carbocycles. The first kappa shape index (κ1) is 28.6. The zero-order valence-corrected chi connectivity index (χ0v) is 22.6. The van der Waals surface area contributed by atoms with Gasteiger partial charge in [-0.3, -0.25) is 4.79 Å². The molecule has 5 rings (SSSR count). The Labute approximate surface area is 234 Å². The summed E-state index contributed by atoms with van der Waals surface area (Å²) in [6.45, 7) is 7.92. The van der Waals surface area contributed by atoms with Gasteiger partial charge in [-0.15, -0.1) is 0 Å². The predicted molar refractivity (Wildman–Crippen MR) is 155 cm³/mol. The average molecular weight is 559 g/mol. The van der Waals surface area contributed by atoms with Gasteiger partial charge in [0.1, 0.15) is 34.9 Å². The molecule has 0 aliphatic rings. The number of aromatic nitrogens is 5. The van der Waals surface area contributed by atoms with Crippen molar-refractivity contribution < 1.29 is 18.3 Å². The molecule has 0 unspecified atom stereocenters. The van der Waals surface area contributed by atoms with Crippen molar-refractivity contribution in [1.82, 2.24) is 24.9 Å². The molecule has 41 heavy (non-hydrogen) atoms. The number of aromatic amines is 1. The van der Waals surface area contributed by atoms with E-state index in [1.54, 1.807) is 30.3 Å². The quantitative estimate of drug-likeness (QED) is 0.156. The van der Waals surface area contributed by atoms with Gasteiger partial charge in [-0.2, -0.15) is 0 Å². The molecule has 210 valence electrons. The maximum Gasteiger partial charge on any atom is 0.255 e. The van der Waals surface area contributed by atoms with Crippen LogP contribution in [0.25, 0.3) is 22.4 Å². The number of amides is 1. The first-order valence-corrected chi connectivity index (χ1v) is 12.6. The number of methoxy groups -OCH3 is 1. The normalized spacial score (nSPS) is 10.4. The van der Waals surface area contributed by atoms with Crippen molar-refractivity contribution in [3.8, 4) is 11.3 Å². The largest absolute Gasteiger partial charge is 0.483 e. The molecule has 1 amide bonds. The van der Waals surface area contributed by atoms with Crippen LogP contribution in [-0.4, -0.2) is 37.9 Å². The fourth-order valence-corrected chi connectivity index (χ4v) is 3.69. The van der Waals surface area contributed by atoms with E-state index in [1.807, 2.05) is 0 Å². The number of pyridine rings is 1. The highest BCUT2D eigenvalue weighted by Gasteiger charge is 2.20. The molecular formula is C29H28F2N8O2. The fraction of sp³-hybridized carbons (Fsp3) is 0.138. The molecule has 0 saturated carbocycles. The number of benzene rings is 2. The summed E-state index contributed by atoms with van der Waals surface area (Å²) in [5.74, 6) is -2.07. The zero-order chi connectivity index (χ0) is 29.4. The van der Waals surface area contributed by atoms with Crippen LogP contribution < -0.4 is 16.0 Å². The maximum atomic E-state index is 15.5. The van der Waals surface area contributed by atoms with Crippen molar-refractivity contribution in [2.24, 2.45) is 0 Å². The molecule has 0 aliphatic heterocycles. The molecule has 0 saturated heterocycles. The van der Waals surface area contributed by atoms with Gasteiger partial charge in [-0.05, 0) is 49.0 Å². The van der Waals surface area contributed by atoms with E-state index >= 15 is 4.39 Å². The van der Waals surface area contributed by atoms with Crippen molar-refractivity contribution in [1.29, 1.82) is 0 Å². The number of nitrogens with zero attached hydrogens (tertiary/aromatic N) is 4. The number of carbonyl (C=O) groups excluding carboxylic acids is 1. The summed E-state index contributed by atoms with van der Waals surface area (Å²) in [6.07, 6.45) is 5.53. The first-order chi connectivity index (χ1) is 19.9.